The molecule has 52 heavy (non-hydrogen) atoms. The molecule has 0 aliphatic carbocycles. The van der Waals surface area contributed by atoms with Crippen molar-refractivity contribution in [2.45, 2.75) is 233 Å². The summed E-state index contributed by atoms with van der Waals surface area (Å²) in [7, 11) is 0. The molecule has 1 nitrogen and oxygen atoms in total. The van der Waals surface area contributed by atoms with Crippen LogP contribution in [-0.2, 0) is 0 Å². The first-order chi connectivity index (χ1) is 25.2. The summed E-state index contributed by atoms with van der Waals surface area (Å²) in [6.07, 6.45) is 45.7. The first-order valence-electron chi connectivity index (χ1n) is 23.1. The number of quaternary nitrogens is 1. The van der Waals surface area contributed by atoms with Crippen LogP contribution in [0.2, 0.25) is 0 Å². The zero-order chi connectivity index (χ0) is 36.5. The monoisotopic (exact) mass is 782 g/mol. The van der Waals surface area contributed by atoms with Crippen LogP contribution in [0.4, 0.5) is 11.4 Å². The molecule has 300 valence electrons. The van der Waals surface area contributed by atoms with E-state index < -0.39 is 0 Å². The van der Waals surface area contributed by atoms with Crippen LogP contribution in [0, 0.1) is 13.8 Å². The number of halogens is 1. The topological polar surface area (TPSA) is 0 Å². The van der Waals surface area contributed by atoms with Crippen molar-refractivity contribution < 1.29 is 17.0 Å². The molecule has 2 aromatic carbocycles. The number of hydrogen-bond donors (Lipinski definition) is 0. The van der Waals surface area contributed by atoms with Gasteiger partial charge in [0.25, 0.3) is 0 Å². The summed E-state index contributed by atoms with van der Waals surface area (Å²) >= 11 is 0. The van der Waals surface area contributed by atoms with Gasteiger partial charge in [-0.1, -0.05) is 230 Å². The first kappa shape index (κ1) is 48.9. The number of para-hydroxylation sites is 2. The Morgan fingerprint density at radius 2 is 0.519 bits per heavy atom. The fourth-order valence-corrected chi connectivity index (χ4v) is 8.67. The molecule has 0 fully saturated rings. The minimum atomic E-state index is 0. The summed E-state index contributed by atoms with van der Waals surface area (Å²) < 4.78 is 1.04. The average Bonchev–Trinajstić information content (AvgIpc) is 3.14. The number of hydrogen-bond acceptors (Lipinski definition) is 0. The van der Waals surface area contributed by atoms with Crippen LogP contribution in [0.5, 0.6) is 0 Å². The minimum absolute atomic E-state index is 0. The number of unbranched alkanes of at least 4 members (excludes halogenated alkanes) is 30. The molecule has 0 aliphatic rings. The maximum Gasteiger partial charge on any atom is 0.140 e. The van der Waals surface area contributed by atoms with Crippen LogP contribution < -0.4 is 21.5 Å². The summed E-state index contributed by atoms with van der Waals surface area (Å²) in [6.45, 7) is 11.8. The van der Waals surface area contributed by atoms with E-state index >= 15 is 0 Å². The van der Waals surface area contributed by atoms with Gasteiger partial charge in [-0.15, -0.1) is 0 Å². The molecule has 0 radical (unpaired) electrons. The maximum absolute atomic E-state index is 2.45. The first-order valence-corrected chi connectivity index (χ1v) is 23.1. The van der Waals surface area contributed by atoms with Crippen molar-refractivity contribution in [3.05, 3.63) is 59.7 Å². The number of nitrogens with zero attached hydrogens (tertiary/aromatic N) is 1. The maximum atomic E-state index is 2.45. The van der Waals surface area contributed by atoms with Gasteiger partial charge < -0.3 is 17.0 Å². The van der Waals surface area contributed by atoms with Crippen LogP contribution in [0.15, 0.2) is 48.5 Å². The number of aryl methyl sites for hydroxylation is 2. The van der Waals surface area contributed by atoms with Gasteiger partial charge in [0, 0.05) is 11.1 Å². The van der Waals surface area contributed by atoms with Crippen LogP contribution in [0.25, 0.3) is 0 Å². The minimum Gasteiger partial charge on any atom is -1.00 e. The number of rotatable bonds is 36. The van der Waals surface area contributed by atoms with Gasteiger partial charge in [-0.05, 0) is 51.7 Å². The van der Waals surface area contributed by atoms with Crippen LogP contribution in [-0.4, -0.2) is 13.1 Å². The highest BCUT2D eigenvalue weighted by Gasteiger charge is 2.35. The Bertz CT molecular complexity index is 963. The largest absolute Gasteiger partial charge is 1.00 e. The Kier molecular flexibility index (Phi) is 32.3. The van der Waals surface area contributed by atoms with E-state index in [9.17, 15) is 0 Å². The molecule has 0 bridgehead atoms. The van der Waals surface area contributed by atoms with Gasteiger partial charge in [-0.2, -0.15) is 0 Å². The van der Waals surface area contributed by atoms with Crippen LogP contribution in [0.1, 0.15) is 230 Å². The molecule has 0 amide bonds. The van der Waals surface area contributed by atoms with Crippen molar-refractivity contribution >= 4 is 11.4 Å². The highest BCUT2D eigenvalue weighted by atomic mass is 79.9. The van der Waals surface area contributed by atoms with Gasteiger partial charge in [0.05, 0.1) is 13.1 Å². The lowest BCUT2D eigenvalue weighted by Gasteiger charge is -2.40. The fourth-order valence-electron chi connectivity index (χ4n) is 8.67. The Balaban J connectivity index is 0.0000135. The van der Waals surface area contributed by atoms with Crippen molar-refractivity contribution in [3.63, 3.8) is 0 Å². The smallest absolute Gasteiger partial charge is 0.140 e. The van der Waals surface area contributed by atoms with Gasteiger partial charge in [-0.3, -0.25) is 4.48 Å². The van der Waals surface area contributed by atoms with E-state index in [0.29, 0.717) is 0 Å². The highest BCUT2D eigenvalue weighted by molar-refractivity contribution is 5.64. The Hall–Kier alpha value is -1.12. The summed E-state index contributed by atoms with van der Waals surface area (Å²) in [5, 5.41) is 0. The van der Waals surface area contributed by atoms with E-state index in [1.165, 1.54) is 241 Å². The quantitative estimate of drug-likeness (QED) is 0.0477. The van der Waals surface area contributed by atoms with E-state index in [2.05, 4.69) is 76.2 Å². The second-order valence-electron chi connectivity index (χ2n) is 16.6. The molecule has 0 aliphatic heterocycles. The average molecular weight is 783 g/mol. The van der Waals surface area contributed by atoms with Gasteiger partial charge in [0.1, 0.15) is 11.4 Å². The summed E-state index contributed by atoms with van der Waals surface area (Å²) in [5.41, 5.74) is 5.98. The molecule has 2 aromatic rings. The molecule has 0 saturated carbocycles. The molecule has 0 N–H and O–H groups in total. The lowest BCUT2D eigenvalue weighted by atomic mass is 10.0. The third-order valence-electron chi connectivity index (χ3n) is 11.9. The van der Waals surface area contributed by atoms with Crippen molar-refractivity contribution in [1.82, 2.24) is 4.48 Å². The SMILES string of the molecule is CCCCCCCCCCCCCCCCCC[N+](CCCCCCCCCCCCCCCCCC)(c1ccccc1C)c1ccccc1C.[Br-]. The summed E-state index contributed by atoms with van der Waals surface area (Å²) in [6, 6.07) is 18.6. The number of benzene rings is 2. The van der Waals surface area contributed by atoms with Crippen LogP contribution in [0.3, 0.4) is 0 Å². The van der Waals surface area contributed by atoms with Crippen molar-refractivity contribution in [3.8, 4) is 0 Å². The molecule has 0 spiro atoms. The van der Waals surface area contributed by atoms with Gasteiger partial charge in [-0.25, -0.2) is 0 Å². The molecule has 0 heterocycles. The van der Waals surface area contributed by atoms with Gasteiger partial charge in [0.15, 0.2) is 0 Å². The lowest BCUT2D eigenvalue weighted by molar-refractivity contribution is -0.0000111. The van der Waals surface area contributed by atoms with E-state index in [4.69, 9.17) is 0 Å². The Morgan fingerprint density at radius 3 is 0.750 bits per heavy atom. The molecule has 0 saturated heterocycles. The second-order valence-corrected chi connectivity index (χ2v) is 16.6. The van der Waals surface area contributed by atoms with E-state index in [-0.39, 0.29) is 17.0 Å². The van der Waals surface area contributed by atoms with Crippen LogP contribution >= 0.6 is 0 Å². The third-order valence-corrected chi connectivity index (χ3v) is 11.9. The lowest BCUT2D eigenvalue weighted by Crippen LogP contribution is -3.00. The van der Waals surface area contributed by atoms with E-state index in [0.717, 1.165) is 4.48 Å². The molecule has 0 atom stereocenters. The highest BCUT2D eigenvalue weighted by Crippen LogP contribution is 2.40. The molecule has 0 unspecified atom stereocenters. The molecule has 2 heteroatoms. The van der Waals surface area contributed by atoms with E-state index in [1.807, 2.05) is 0 Å². The van der Waals surface area contributed by atoms with Crippen molar-refractivity contribution in [1.29, 1.82) is 0 Å². The fraction of sp³-hybridized carbons (Fsp3) is 0.760. The van der Waals surface area contributed by atoms with Crippen molar-refractivity contribution in [2.75, 3.05) is 13.1 Å². The third kappa shape index (κ3) is 22.3. The molecular weight excluding hydrogens is 694 g/mol. The molecule has 0 aromatic heterocycles. The predicted octanol–water partition coefficient (Wildman–Crippen LogP) is 14.5. The second kappa shape index (κ2) is 34.4. The van der Waals surface area contributed by atoms with E-state index in [1.54, 1.807) is 0 Å². The predicted molar refractivity (Wildman–Crippen MR) is 233 cm³/mol. The Labute approximate surface area is 337 Å². The zero-order valence-electron chi connectivity index (χ0n) is 35.5. The van der Waals surface area contributed by atoms with Gasteiger partial charge >= 0.3 is 0 Å². The summed E-state index contributed by atoms with van der Waals surface area (Å²) in [5.74, 6) is 0. The standard InChI is InChI=1S/C50H88N.BrH/c1-5-7-9-11-13-15-17-19-21-23-25-27-29-31-33-39-45-51(49-43-37-35-41-47(49)3,50-44-38-36-42-48(50)4)46-40-34-32-30-28-26-24-22-20-18-16-14-12-10-8-6-2;/h35-38,41-44H,5-34,39-40,45-46H2,1-4H3;1H/q+1;/p-1. The normalized spacial score (nSPS) is 11.6. The van der Waals surface area contributed by atoms with Crippen molar-refractivity contribution in [2.24, 2.45) is 0 Å². The zero-order valence-corrected chi connectivity index (χ0v) is 37.1. The van der Waals surface area contributed by atoms with Gasteiger partial charge in [0.2, 0.25) is 0 Å². The molecular formula is C50H88BrN. The molecule has 2 rings (SSSR count). The Morgan fingerprint density at radius 1 is 0.308 bits per heavy atom. The summed E-state index contributed by atoms with van der Waals surface area (Å²) in [4.78, 5) is 0.